The molecule has 0 saturated carbocycles. The van der Waals surface area contributed by atoms with Gasteiger partial charge in [0.2, 0.25) is 0 Å². The predicted molar refractivity (Wildman–Crippen MR) is 68.5 cm³/mol. The molecular formula is C13H19NS. The molecule has 0 saturated heterocycles. The van der Waals surface area contributed by atoms with Gasteiger partial charge in [-0.2, -0.15) is 11.8 Å². The molecule has 1 N–H and O–H groups in total. The first kappa shape index (κ1) is 11.0. The Bertz CT molecular complexity index is 360. The van der Waals surface area contributed by atoms with E-state index in [-0.39, 0.29) is 0 Å². The van der Waals surface area contributed by atoms with Crippen molar-refractivity contribution in [1.82, 2.24) is 5.32 Å². The largest absolute Gasteiger partial charge is 0.309 e. The Morgan fingerprint density at radius 1 is 1.40 bits per heavy atom. The number of aryl methyl sites for hydroxylation is 2. The van der Waals surface area contributed by atoms with Gasteiger partial charge in [0.05, 0.1) is 0 Å². The summed E-state index contributed by atoms with van der Waals surface area (Å²) < 4.78 is 0. The molecule has 0 amide bonds. The van der Waals surface area contributed by atoms with Crippen molar-refractivity contribution in [3.05, 3.63) is 34.4 Å². The molecule has 1 atom stereocenters. The van der Waals surface area contributed by atoms with Gasteiger partial charge in [0.25, 0.3) is 0 Å². The molecule has 2 heteroatoms. The summed E-state index contributed by atoms with van der Waals surface area (Å²) in [6.07, 6.45) is 0. The monoisotopic (exact) mass is 221 g/mol. The molecule has 2 rings (SSSR count). The van der Waals surface area contributed by atoms with Crippen molar-refractivity contribution >= 4 is 11.8 Å². The van der Waals surface area contributed by atoms with E-state index in [1.54, 1.807) is 5.56 Å². The normalized spacial score (nSPS) is 20.1. The van der Waals surface area contributed by atoms with Gasteiger partial charge >= 0.3 is 0 Å². The molecular weight excluding hydrogens is 202 g/mol. The molecule has 0 spiro atoms. The number of rotatable bonds is 2. The van der Waals surface area contributed by atoms with Crippen molar-refractivity contribution in [1.29, 1.82) is 0 Å². The van der Waals surface area contributed by atoms with Crippen LogP contribution in [0.4, 0.5) is 0 Å². The molecule has 1 aliphatic heterocycles. The lowest BCUT2D eigenvalue weighted by atomic mass is 9.94. The molecule has 0 bridgehead atoms. The number of thioether (sulfide) groups is 1. The van der Waals surface area contributed by atoms with Crippen molar-refractivity contribution < 1.29 is 0 Å². The highest BCUT2D eigenvalue weighted by Crippen LogP contribution is 2.34. The molecule has 1 aromatic rings. The molecule has 1 heterocycles. The summed E-state index contributed by atoms with van der Waals surface area (Å²) in [7, 11) is 0. The third kappa shape index (κ3) is 2.21. The molecule has 0 fully saturated rings. The fraction of sp³-hybridized carbons (Fsp3) is 0.538. The van der Waals surface area contributed by atoms with Gasteiger partial charge in [0, 0.05) is 17.5 Å². The number of nitrogens with one attached hydrogen (secondary N) is 1. The standard InChI is InChI=1S/C13H19NS/c1-4-14-12-8-15-7-11-6-9(2)5-10(3)13(11)12/h5-6,12,14H,4,7-8H2,1-3H3. The maximum atomic E-state index is 3.58. The molecule has 0 aromatic heterocycles. The van der Waals surface area contributed by atoms with E-state index in [4.69, 9.17) is 0 Å². The quantitative estimate of drug-likeness (QED) is 0.823. The molecule has 1 unspecified atom stereocenters. The van der Waals surface area contributed by atoms with Gasteiger partial charge in [-0.15, -0.1) is 0 Å². The minimum atomic E-state index is 0.560. The lowest BCUT2D eigenvalue weighted by molar-refractivity contribution is 0.595. The van der Waals surface area contributed by atoms with E-state index in [1.807, 2.05) is 11.8 Å². The lowest BCUT2D eigenvalue weighted by Gasteiger charge is -2.28. The second kappa shape index (κ2) is 4.58. The molecule has 0 radical (unpaired) electrons. The molecule has 15 heavy (non-hydrogen) atoms. The van der Waals surface area contributed by atoms with Crippen LogP contribution in [0.5, 0.6) is 0 Å². The van der Waals surface area contributed by atoms with Gasteiger partial charge in [0.15, 0.2) is 0 Å². The zero-order valence-electron chi connectivity index (χ0n) is 9.76. The third-order valence-electron chi connectivity index (χ3n) is 2.96. The zero-order chi connectivity index (χ0) is 10.8. The molecule has 1 aliphatic rings. The fourth-order valence-electron chi connectivity index (χ4n) is 2.46. The summed E-state index contributed by atoms with van der Waals surface area (Å²) in [6.45, 7) is 7.67. The average Bonchev–Trinajstić information content (AvgIpc) is 2.17. The SMILES string of the molecule is CCNC1CSCc2cc(C)cc(C)c21. The first-order chi connectivity index (χ1) is 7.22. The predicted octanol–water partition coefficient (Wildman–Crippen LogP) is 3.20. The molecule has 0 aliphatic carbocycles. The van der Waals surface area contributed by atoms with Crippen LogP contribution in [0.3, 0.4) is 0 Å². The van der Waals surface area contributed by atoms with E-state index in [2.05, 4.69) is 38.2 Å². The Balaban J connectivity index is 2.41. The van der Waals surface area contributed by atoms with Gasteiger partial charge in [-0.3, -0.25) is 0 Å². The smallest absolute Gasteiger partial charge is 0.0417 e. The number of fused-ring (bicyclic) bond motifs is 1. The third-order valence-corrected chi connectivity index (χ3v) is 4.04. The van der Waals surface area contributed by atoms with Crippen molar-refractivity contribution in [2.24, 2.45) is 0 Å². The second-order valence-corrected chi connectivity index (χ2v) is 5.31. The topological polar surface area (TPSA) is 12.0 Å². The van der Waals surface area contributed by atoms with Gasteiger partial charge in [-0.25, -0.2) is 0 Å². The fourth-order valence-corrected chi connectivity index (χ4v) is 3.56. The van der Waals surface area contributed by atoms with E-state index in [0.29, 0.717) is 6.04 Å². The summed E-state index contributed by atoms with van der Waals surface area (Å²) >= 11 is 2.04. The van der Waals surface area contributed by atoms with Crippen LogP contribution in [0.25, 0.3) is 0 Å². The first-order valence-electron chi connectivity index (χ1n) is 5.63. The molecule has 1 aromatic carbocycles. The van der Waals surface area contributed by atoms with E-state index < -0.39 is 0 Å². The van der Waals surface area contributed by atoms with E-state index >= 15 is 0 Å². The Hall–Kier alpha value is -0.470. The highest BCUT2D eigenvalue weighted by atomic mass is 32.2. The summed E-state index contributed by atoms with van der Waals surface area (Å²) in [5.74, 6) is 2.39. The van der Waals surface area contributed by atoms with Crippen LogP contribution in [0, 0.1) is 13.8 Å². The molecule has 82 valence electrons. The maximum Gasteiger partial charge on any atom is 0.0417 e. The van der Waals surface area contributed by atoms with Gasteiger partial charge in [-0.05, 0) is 37.1 Å². The summed E-state index contributed by atoms with van der Waals surface area (Å²) in [5.41, 5.74) is 5.94. The van der Waals surface area contributed by atoms with Crippen LogP contribution in [0.1, 0.15) is 35.2 Å². The first-order valence-corrected chi connectivity index (χ1v) is 6.79. The summed E-state index contributed by atoms with van der Waals surface area (Å²) in [4.78, 5) is 0. The van der Waals surface area contributed by atoms with Gasteiger partial charge in [-0.1, -0.05) is 24.6 Å². The van der Waals surface area contributed by atoms with Crippen molar-refractivity contribution in [3.8, 4) is 0 Å². The highest BCUT2D eigenvalue weighted by molar-refractivity contribution is 7.98. The number of hydrogen-bond donors (Lipinski definition) is 1. The van der Waals surface area contributed by atoms with Crippen molar-refractivity contribution in [2.75, 3.05) is 12.3 Å². The minimum Gasteiger partial charge on any atom is -0.309 e. The second-order valence-electron chi connectivity index (χ2n) is 4.28. The van der Waals surface area contributed by atoms with E-state index in [0.717, 1.165) is 6.54 Å². The Morgan fingerprint density at radius 3 is 2.93 bits per heavy atom. The van der Waals surface area contributed by atoms with Gasteiger partial charge in [0.1, 0.15) is 0 Å². The van der Waals surface area contributed by atoms with Crippen LogP contribution in [0.2, 0.25) is 0 Å². The number of benzene rings is 1. The minimum absolute atomic E-state index is 0.560. The van der Waals surface area contributed by atoms with Crippen LogP contribution in [-0.2, 0) is 5.75 Å². The van der Waals surface area contributed by atoms with Crippen LogP contribution in [0.15, 0.2) is 12.1 Å². The average molecular weight is 221 g/mol. The Morgan fingerprint density at radius 2 is 2.20 bits per heavy atom. The van der Waals surface area contributed by atoms with Gasteiger partial charge < -0.3 is 5.32 Å². The Labute approximate surface area is 96.7 Å². The Kier molecular flexibility index (Phi) is 3.37. The highest BCUT2D eigenvalue weighted by Gasteiger charge is 2.21. The molecule has 1 nitrogen and oxygen atoms in total. The van der Waals surface area contributed by atoms with Crippen LogP contribution in [-0.4, -0.2) is 12.3 Å². The van der Waals surface area contributed by atoms with E-state index in [1.165, 1.54) is 28.2 Å². The van der Waals surface area contributed by atoms with E-state index in [9.17, 15) is 0 Å². The summed E-state index contributed by atoms with van der Waals surface area (Å²) in [5, 5.41) is 3.58. The van der Waals surface area contributed by atoms with Crippen molar-refractivity contribution in [2.45, 2.75) is 32.6 Å². The van der Waals surface area contributed by atoms with Crippen molar-refractivity contribution in [3.63, 3.8) is 0 Å². The lowest BCUT2D eigenvalue weighted by Crippen LogP contribution is -2.27. The zero-order valence-corrected chi connectivity index (χ0v) is 10.6. The maximum absolute atomic E-state index is 3.58. The number of hydrogen-bond acceptors (Lipinski definition) is 2. The summed E-state index contributed by atoms with van der Waals surface area (Å²) in [6, 6.07) is 5.21. The van der Waals surface area contributed by atoms with Crippen LogP contribution < -0.4 is 5.32 Å². The van der Waals surface area contributed by atoms with Crippen LogP contribution >= 0.6 is 11.8 Å².